The summed E-state index contributed by atoms with van der Waals surface area (Å²) in [6.07, 6.45) is -4.86. The Morgan fingerprint density at radius 3 is 2.15 bits per heavy atom. The average molecular weight is 311 g/mol. The van der Waals surface area contributed by atoms with E-state index in [2.05, 4.69) is 0 Å². The van der Waals surface area contributed by atoms with Gasteiger partial charge in [0, 0.05) is 0 Å². The molecule has 0 heterocycles. The Bertz CT molecular complexity index is 623. The van der Waals surface area contributed by atoms with Crippen molar-refractivity contribution >= 4 is 16.0 Å². The number of rotatable bonds is 4. The van der Waals surface area contributed by atoms with E-state index >= 15 is 0 Å². The van der Waals surface area contributed by atoms with E-state index in [1.54, 1.807) is 4.72 Å². The molecule has 0 aliphatic carbocycles. The third-order valence-electron chi connectivity index (χ3n) is 2.41. The van der Waals surface area contributed by atoms with Crippen LogP contribution in [0.3, 0.4) is 0 Å². The van der Waals surface area contributed by atoms with Crippen LogP contribution in [0.4, 0.5) is 13.2 Å². The number of hydrogen-bond donors (Lipinski definition) is 2. The van der Waals surface area contributed by atoms with E-state index in [0.717, 1.165) is 32.0 Å². The fraction of sp³-hybridized carbons (Fsp3) is 0.364. The number of benzene rings is 1. The molecular weight excluding hydrogens is 299 g/mol. The Labute approximate surface area is 113 Å². The summed E-state index contributed by atoms with van der Waals surface area (Å²) in [6, 6.07) is 3.55. The molecule has 0 amide bonds. The van der Waals surface area contributed by atoms with Crippen molar-refractivity contribution in [3.63, 3.8) is 0 Å². The lowest BCUT2D eigenvalue weighted by Crippen LogP contribution is -2.49. The number of halogens is 3. The van der Waals surface area contributed by atoms with Gasteiger partial charge in [0.05, 0.1) is 10.5 Å². The van der Waals surface area contributed by atoms with Gasteiger partial charge in [0.15, 0.2) is 0 Å². The first-order valence-corrected chi connectivity index (χ1v) is 6.80. The molecule has 0 atom stereocenters. The van der Waals surface area contributed by atoms with E-state index in [9.17, 15) is 26.4 Å². The van der Waals surface area contributed by atoms with Crippen LogP contribution in [0.1, 0.15) is 19.4 Å². The number of nitrogens with one attached hydrogen (secondary N) is 1. The molecule has 5 nitrogen and oxygen atoms in total. The van der Waals surface area contributed by atoms with Gasteiger partial charge in [-0.2, -0.15) is 17.9 Å². The molecule has 112 valence electrons. The third-order valence-corrected chi connectivity index (χ3v) is 4.12. The fourth-order valence-corrected chi connectivity index (χ4v) is 2.97. The van der Waals surface area contributed by atoms with Gasteiger partial charge in [-0.3, -0.25) is 4.79 Å². The molecule has 0 fully saturated rings. The molecule has 0 saturated carbocycles. The summed E-state index contributed by atoms with van der Waals surface area (Å²) in [7, 11) is -4.63. The molecule has 2 N–H and O–H groups in total. The van der Waals surface area contributed by atoms with Gasteiger partial charge in [-0.1, -0.05) is 12.1 Å². The van der Waals surface area contributed by atoms with E-state index in [1.165, 1.54) is 0 Å². The van der Waals surface area contributed by atoms with Crippen molar-refractivity contribution in [1.82, 2.24) is 4.72 Å². The molecular formula is C11H12F3NO4S. The minimum atomic E-state index is -4.86. The van der Waals surface area contributed by atoms with Gasteiger partial charge in [0.1, 0.15) is 5.54 Å². The quantitative estimate of drug-likeness (QED) is 0.889. The van der Waals surface area contributed by atoms with Gasteiger partial charge in [0.2, 0.25) is 10.0 Å². The Hall–Kier alpha value is -1.61. The molecule has 0 aliphatic heterocycles. The monoisotopic (exact) mass is 311 g/mol. The average Bonchev–Trinajstić information content (AvgIpc) is 2.26. The topological polar surface area (TPSA) is 83.5 Å². The summed E-state index contributed by atoms with van der Waals surface area (Å²) in [5, 5.41) is 8.83. The number of sulfonamides is 1. The van der Waals surface area contributed by atoms with Crippen LogP contribution in [-0.2, 0) is 21.0 Å². The first kappa shape index (κ1) is 16.4. The van der Waals surface area contributed by atoms with E-state index in [1.807, 2.05) is 0 Å². The molecule has 0 radical (unpaired) electrons. The van der Waals surface area contributed by atoms with Crippen molar-refractivity contribution in [2.75, 3.05) is 0 Å². The molecule has 1 aromatic carbocycles. The second-order valence-corrected chi connectivity index (χ2v) is 6.18. The lowest BCUT2D eigenvalue weighted by Gasteiger charge is -2.22. The molecule has 1 aromatic rings. The van der Waals surface area contributed by atoms with E-state index in [0.29, 0.717) is 6.07 Å². The van der Waals surface area contributed by atoms with Gasteiger partial charge >= 0.3 is 12.1 Å². The van der Waals surface area contributed by atoms with Gasteiger partial charge in [-0.15, -0.1) is 0 Å². The Morgan fingerprint density at radius 2 is 1.70 bits per heavy atom. The van der Waals surface area contributed by atoms with Gasteiger partial charge in [-0.05, 0) is 26.0 Å². The van der Waals surface area contributed by atoms with Gasteiger partial charge in [-0.25, -0.2) is 8.42 Å². The molecule has 0 unspecified atom stereocenters. The number of hydrogen-bond acceptors (Lipinski definition) is 3. The van der Waals surface area contributed by atoms with Crippen LogP contribution in [0.2, 0.25) is 0 Å². The highest BCUT2D eigenvalue weighted by molar-refractivity contribution is 7.89. The van der Waals surface area contributed by atoms with Gasteiger partial charge in [0.25, 0.3) is 0 Å². The SMILES string of the molecule is CC(C)(NS(=O)(=O)c1ccccc1C(F)(F)F)C(=O)O. The standard InChI is InChI=1S/C11H12F3NO4S/c1-10(2,9(16)17)15-20(18,19)8-6-4-3-5-7(8)11(12,13)14/h3-6,15H,1-2H3,(H,16,17). The molecule has 1 rings (SSSR count). The van der Waals surface area contributed by atoms with Crippen molar-refractivity contribution < 1.29 is 31.5 Å². The molecule has 0 bridgehead atoms. The van der Waals surface area contributed by atoms with Crippen LogP contribution in [0, 0.1) is 0 Å². The molecule has 20 heavy (non-hydrogen) atoms. The number of carboxylic acid groups (broad SMARTS) is 1. The first-order valence-electron chi connectivity index (χ1n) is 5.31. The number of aliphatic carboxylic acids is 1. The molecule has 9 heteroatoms. The van der Waals surface area contributed by atoms with Crippen molar-refractivity contribution in [3.8, 4) is 0 Å². The van der Waals surface area contributed by atoms with Crippen LogP contribution in [0.15, 0.2) is 29.2 Å². The Balaban J connectivity index is 3.35. The van der Waals surface area contributed by atoms with Crippen LogP contribution in [-0.4, -0.2) is 25.0 Å². The summed E-state index contributed by atoms with van der Waals surface area (Å²) >= 11 is 0. The molecule has 0 aromatic heterocycles. The van der Waals surface area contributed by atoms with E-state index < -0.39 is 38.2 Å². The zero-order valence-electron chi connectivity index (χ0n) is 10.5. The van der Waals surface area contributed by atoms with E-state index in [4.69, 9.17) is 5.11 Å². The summed E-state index contributed by atoms with van der Waals surface area (Å²) in [6.45, 7) is 2.06. The van der Waals surface area contributed by atoms with Crippen LogP contribution >= 0.6 is 0 Å². The second kappa shape index (κ2) is 5.06. The number of alkyl halides is 3. The number of carbonyl (C=O) groups is 1. The maximum Gasteiger partial charge on any atom is 0.417 e. The normalized spacial score (nSPS) is 13.2. The van der Waals surface area contributed by atoms with Gasteiger partial charge < -0.3 is 5.11 Å². The largest absolute Gasteiger partial charge is 0.480 e. The highest BCUT2D eigenvalue weighted by Gasteiger charge is 2.39. The van der Waals surface area contributed by atoms with Crippen molar-refractivity contribution in [3.05, 3.63) is 29.8 Å². The van der Waals surface area contributed by atoms with Crippen molar-refractivity contribution in [1.29, 1.82) is 0 Å². The fourth-order valence-electron chi connectivity index (χ4n) is 1.37. The maximum absolute atomic E-state index is 12.8. The third kappa shape index (κ3) is 3.48. The summed E-state index contributed by atoms with van der Waals surface area (Å²) in [5.74, 6) is -1.51. The Morgan fingerprint density at radius 1 is 1.20 bits per heavy atom. The molecule has 0 aliphatic rings. The summed E-state index contributed by atoms with van der Waals surface area (Å²) in [4.78, 5) is 9.85. The molecule has 0 spiro atoms. The maximum atomic E-state index is 12.8. The predicted octanol–water partition coefficient (Wildman–Crippen LogP) is 1.85. The zero-order valence-corrected chi connectivity index (χ0v) is 11.3. The smallest absolute Gasteiger partial charge is 0.417 e. The minimum absolute atomic E-state index is 0.613. The van der Waals surface area contributed by atoms with Crippen LogP contribution < -0.4 is 4.72 Å². The van der Waals surface area contributed by atoms with Crippen molar-refractivity contribution in [2.24, 2.45) is 0 Å². The Kier molecular flexibility index (Phi) is 4.16. The predicted molar refractivity (Wildman–Crippen MR) is 63.5 cm³/mol. The first-order chi connectivity index (χ1) is 8.88. The van der Waals surface area contributed by atoms with Crippen molar-refractivity contribution in [2.45, 2.75) is 30.5 Å². The van der Waals surface area contributed by atoms with E-state index in [-0.39, 0.29) is 0 Å². The highest BCUT2D eigenvalue weighted by Crippen LogP contribution is 2.34. The van der Waals surface area contributed by atoms with Crippen LogP contribution in [0.5, 0.6) is 0 Å². The van der Waals surface area contributed by atoms with Crippen LogP contribution in [0.25, 0.3) is 0 Å². The lowest BCUT2D eigenvalue weighted by atomic mass is 10.1. The molecule has 0 saturated heterocycles. The highest BCUT2D eigenvalue weighted by atomic mass is 32.2. The second-order valence-electron chi connectivity index (χ2n) is 4.53. The zero-order chi connectivity index (χ0) is 15.8. The number of carboxylic acids is 1. The summed E-state index contributed by atoms with van der Waals surface area (Å²) < 4.78 is 63.9. The minimum Gasteiger partial charge on any atom is -0.480 e. The summed E-state index contributed by atoms with van der Waals surface area (Å²) in [5.41, 5.74) is -3.29. The lowest BCUT2D eigenvalue weighted by molar-refractivity contribution is -0.142.